The second-order valence-electron chi connectivity index (χ2n) is 7.31. The fourth-order valence-electron chi connectivity index (χ4n) is 3.27. The maximum absolute atomic E-state index is 12.8. The number of carbonyl (C=O) groups is 1. The highest BCUT2D eigenvalue weighted by Crippen LogP contribution is 2.20. The van der Waals surface area contributed by atoms with Crippen LogP contribution in [-0.2, 0) is 17.8 Å². The van der Waals surface area contributed by atoms with Crippen LogP contribution in [0.2, 0.25) is 0 Å². The van der Waals surface area contributed by atoms with E-state index in [0.29, 0.717) is 19.5 Å². The number of aromatic amines is 2. The molecule has 0 bridgehead atoms. The number of benzene rings is 1. The lowest BCUT2D eigenvalue weighted by atomic mass is 10.1. The van der Waals surface area contributed by atoms with Crippen molar-refractivity contribution < 1.29 is 4.79 Å². The zero-order chi connectivity index (χ0) is 19.2. The van der Waals surface area contributed by atoms with Crippen molar-refractivity contribution in [2.75, 3.05) is 27.2 Å². The van der Waals surface area contributed by atoms with Crippen LogP contribution in [0.25, 0.3) is 10.9 Å². The maximum atomic E-state index is 12.8. The number of nitrogens with one attached hydrogen (secondary N) is 2. The topological polar surface area (TPSA) is 68.0 Å². The molecule has 2 N–H and O–H groups in total. The van der Waals surface area contributed by atoms with Gasteiger partial charge in [0, 0.05) is 42.3 Å². The van der Waals surface area contributed by atoms with Gasteiger partial charge in [0.15, 0.2) is 0 Å². The predicted molar refractivity (Wildman–Crippen MR) is 109 cm³/mol. The van der Waals surface area contributed by atoms with Crippen LogP contribution in [0.5, 0.6) is 0 Å². The molecule has 0 aliphatic heterocycles. The van der Waals surface area contributed by atoms with Gasteiger partial charge in [-0.2, -0.15) is 0 Å². The van der Waals surface area contributed by atoms with Gasteiger partial charge in [0.25, 0.3) is 0 Å². The number of H-pyrrole nitrogens is 2. The first-order valence-corrected chi connectivity index (χ1v) is 9.51. The Morgan fingerprint density at radius 3 is 2.70 bits per heavy atom. The first-order chi connectivity index (χ1) is 13.0. The largest absolute Gasteiger partial charge is 0.361 e. The molecule has 0 saturated carbocycles. The molecule has 6 heteroatoms. The van der Waals surface area contributed by atoms with E-state index in [2.05, 4.69) is 44.2 Å². The van der Waals surface area contributed by atoms with E-state index < -0.39 is 0 Å². The van der Waals surface area contributed by atoms with E-state index in [1.54, 1.807) is 6.33 Å². The Morgan fingerprint density at radius 2 is 1.96 bits per heavy atom. The molecule has 1 aromatic carbocycles. The number of rotatable bonds is 9. The van der Waals surface area contributed by atoms with Crippen molar-refractivity contribution in [3.63, 3.8) is 0 Å². The number of fused-ring (bicyclic) bond motifs is 1. The molecule has 0 fully saturated rings. The Kier molecular flexibility index (Phi) is 6.29. The number of hydrogen-bond donors (Lipinski definition) is 2. The van der Waals surface area contributed by atoms with E-state index in [1.807, 2.05) is 32.0 Å². The summed E-state index contributed by atoms with van der Waals surface area (Å²) in [4.78, 5) is 27.6. The van der Waals surface area contributed by atoms with Gasteiger partial charge in [-0.3, -0.25) is 4.79 Å². The van der Waals surface area contributed by atoms with Crippen LogP contribution in [0.4, 0.5) is 0 Å². The van der Waals surface area contributed by atoms with Crippen molar-refractivity contribution in [1.29, 1.82) is 0 Å². The molecule has 0 aliphatic carbocycles. The lowest BCUT2D eigenvalue weighted by Crippen LogP contribution is -2.36. The SMILES string of the molecule is Cc1[nH]cnc1CN(CCN(C)C)C(=O)CCCc1c[nH]c2ccccc12. The molecular weight excluding hydrogens is 338 g/mol. The van der Waals surface area contributed by atoms with Gasteiger partial charge in [0.1, 0.15) is 0 Å². The van der Waals surface area contributed by atoms with E-state index in [9.17, 15) is 4.79 Å². The lowest BCUT2D eigenvalue weighted by Gasteiger charge is -2.24. The second kappa shape index (κ2) is 8.86. The van der Waals surface area contributed by atoms with Crippen molar-refractivity contribution in [3.05, 3.63) is 53.7 Å². The van der Waals surface area contributed by atoms with Gasteiger partial charge in [-0.1, -0.05) is 18.2 Å². The average molecular weight is 367 g/mol. The highest BCUT2D eigenvalue weighted by molar-refractivity contribution is 5.83. The molecule has 27 heavy (non-hydrogen) atoms. The minimum absolute atomic E-state index is 0.194. The molecule has 3 rings (SSSR count). The summed E-state index contributed by atoms with van der Waals surface area (Å²) in [5.41, 5.74) is 4.40. The fraction of sp³-hybridized carbons (Fsp3) is 0.429. The van der Waals surface area contributed by atoms with E-state index in [0.717, 1.165) is 36.3 Å². The summed E-state index contributed by atoms with van der Waals surface area (Å²) in [5.74, 6) is 0.194. The molecule has 0 spiro atoms. The standard InChI is InChI=1S/C21H29N5O/c1-16-20(24-15-23-16)14-26(12-11-25(2)3)21(27)10-6-7-17-13-22-19-9-5-4-8-18(17)19/h4-5,8-9,13,15,22H,6-7,10-12,14H2,1-3H3,(H,23,24). The summed E-state index contributed by atoms with van der Waals surface area (Å²) < 4.78 is 0. The van der Waals surface area contributed by atoms with Gasteiger partial charge in [-0.15, -0.1) is 0 Å². The molecule has 0 atom stereocenters. The molecule has 2 aromatic heterocycles. The van der Waals surface area contributed by atoms with E-state index in [4.69, 9.17) is 0 Å². The first-order valence-electron chi connectivity index (χ1n) is 9.51. The van der Waals surface area contributed by atoms with Crippen LogP contribution in [0.3, 0.4) is 0 Å². The van der Waals surface area contributed by atoms with Crippen molar-refractivity contribution in [1.82, 2.24) is 24.8 Å². The van der Waals surface area contributed by atoms with Crippen molar-refractivity contribution in [3.8, 4) is 0 Å². The molecule has 144 valence electrons. The lowest BCUT2D eigenvalue weighted by molar-refractivity contribution is -0.132. The highest BCUT2D eigenvalue weighted by atomic mass is 16.2. The van der Waals surface area contributed by atoms with Crippen LogP contribution in [0.15, 0.2) is 36.8 Å². The van der Waals surface area contributed by atoms with Crippen molar-refractivity contribution in [2.24, 2.45) is 0 Å². The molecule has 6 nitrogen and oxygen atoms in total. The Morgan fingerprint density at radius 1 is 1.15 bits per heavy atom. The number of hydrogen-bond acceptors (Lipinski definition) is 3. The van der Waals surface area contributed by atoms with Crippen LogP contribution in [0.1, 0.15) is 29.8 Å². The minimum atomic E-state index is 0.194. The molecule has 0 saturated heterocycles. The number of aromatic nitrogens is 3. The van der Waals surface area contributed by atoms with Crippen LogP contribution in [0, 0.1) is 6.92 Å². The monoisotopic (exact) mass is 367 g/mol. The first kappa shape index (κ1) is 19.2. The van der Waals surface area contributed by atoms with Crippen LogP contribution >= 0.6 is 0 Å². The van der Waals surface area contributed by atoms with Crippen LogP contribution in [-0.4, -0.2) is 57.8 Å². The van der Waals surface area contributed by atoms with Gasteiger partial charge in [0.2, 0.25) is 5.91 Å². The van der Waals surface area contributed by atoms with E-state index in [1.165, 1.54) is 10.9 Å². The van der Waals surface area contributed by atoms with Gasteiger partial charge in [-0.25, -0.2) is 4.98 Å². The quantitative estimate of drug-likeness (QED) is 0.611. The molecule has 3 aromatic rings. The number of carbonyl (C=O) groups excluding carboxylic acids is 1. The summed E-state index contributed by atoms with van der Waals surface area (Å²) >= 11 is 0. The normalized spacial score (nSPS) is 11.4. The summed E-state index contributed by atoms with van der Waals surface area (Å²) in [5, 5.41) is 1.25. The zero-order valence-electron chi connectivity index (χ0n) is 16.5. The smallest absolute Gasteiger partial charge is 0.222 e. The molecule has 0 unspecified atom stereocenters. The Labute approximate surface area is 160 Å². The summed E-state index contributed by atoms with van der Waals surface area (Å²) in [6.07, 6.45) is 6.05. The molecular formula is C21H29N5O. The van der Waals surface area contributed by atoms with Gasteiger partial charge >= 0.3 is 0 Å². The fourth-order valence-corrected chi connectivity index (χ4v) is 3.27. The molecule has 1 amide bonds. The van der Waals surface area contributed by atoms with Gasteiger partial charge < -0.3 is 19.8 Å². The van der Waals surface area contributed by atoms with Crippen molar-refractivity contribution >= 4 is 16.8 Å². The minimum Gasteiger partial charge on any atom is -0.361 e. The second-order valence-corrected chi connectivity index (χ2v) is 7.31. The number of likely N-dealkylation sites (N-methyl/N-ethyl adjacent to an activating group) is 1. The number of para-hydroxylation sites is 1. The summed E-state index contributed by atoms with van der Waals surface area (Å²) in [6.45, 7) is 4.12. The molecule has 0 aliphatic rings. The third-order valence-corrected chi connectivity index (χ3v) is 4.96. The number of aryl methyl sites for hydroxylation is 2. The summed E-state index contributed by atoms with van der Waals surface area (Å²) in [7, 11) is 4.05. The number of amides is 1. The number of nitrogens with zero attached hydrogens (tertiary/aromatic N) is 3. The predicted octanol–water partition coefficient (Wildman–Crippen LogP) is 3.11. The molecule has 0 radical (unpaired) electrons. The number of imidazole rings is 1. The Bertz CT molecular complexity index is 879. The van der Waals surface area contributed by atoms with E-state index in [-0.39, 0.29) is 5.91 Å². The Balaban J connectivity index is 1.58. The van der Waals surface area contributed by atoms with Crippen LogP contribution < -0.4 is 0 Å². The highest BCUT2D eigenvalue weighted by Gasteiger charge is 2.16. The van der Waals surface area contributed by atoms with Gasteiger partial charge in [0.05, 0.1) is 18.6 Å². The third-order valence-electron chi connectivity index (χ3n) is 4.96. The third kappa shape index (κ3) is 4.98. The Hall–Kier alpha value is -2.60. The average Bonchev–Trinajstić information content (AvgIpc) is 3.24. The molecule has 2 heterocycles. The van der Waals surface area contributed by atoms with E-state index >= 15 is 0 Å². The maximum Gasteiger partial charge on any atom is 0.222 e. The zero-order valence-corrected chi connectivity index (χ0v) is 16.5. The van der Waals surface area contributed by atoms with Gasteiger partial charge in [-0.05, 0) is 45.5 Å². The van der Waals surface area contributed by atoms with Crippen molar-refractivity contribution in [2.45, 2.75) is 32.7 Å². The summed E-state index contributed by atoms with van der Waals surface area (Å²) in [6, 6.07) is 8.30.